The highest BCUT2D eigenvalue weighted by Crippen LogP contribution is 2.01. The highest BCUT2D eigenvalue weighted by molar-refractivity contribution is 5.91. The van der Waals surface area contributed by atoms with Crippen LogP contribution in [0.3, 0.4) is 0 Å². The van der Waals surface area contributed by atoms with Gasteiger partial charge in [-0.25, -0.2) is 4.79 Å². The normalized spacial score (nSPS) is 10.2. The predicted octanol–water partition coefficient (Wildman–Crippen LogP) is 1.28. The molecule has 5 heteroatoms. The Balaban J connectivity index is 3.58. The van der Waals surface area contributed by atoms with Crippen LogP contribution in [0.2, 0.25) is 0 Å². The Kier molecular flexibility index (Phi) is 6.88. The van der Waals surface area contributed by atoms with Gasteiger partial charge in [-0.15, -0.1) is 0 Å². The molecule has 84 valence electrons. The lowest BCUT2D eigenvalue weighted by Crippen LogP contribution is -2.09. The van der Waals surface area contributed by atoms with Crippen LogP contribution in [-0.4, -0.2) is 23.0 Å². The lowest BCUT2D eigenvalue weighted by molar-refractivity contribution is -0.156. The lowest BCUT2D eigenvalue weighted by Gasteiger charge is -1.99. The van der Waals surface area contributed by atoms with Crippen molar-refractivity contribution in [3.63, 3.8) is 0 Å². The van der Waals surface area contributed by atoms with E-state index in [1.54, 1.807) is 6.92 Å². The Morgan fingerprint density at radius 3 is 2.33 bits per heavy atom. The molecule has 0 aromatic heterocycles. The molecular weight excluding hydrogens is 200 g/mol. The maximum atomic E-state index is 10.9. The van der Waals surface area contributed by atoms with Gasteiger partial charge >= 0.3 is 17.9 Å². The van der Waals surface area contributed by atoms with E-state index in [1.165, 1.54) is 6.08 Å². The van der Waals surface area contributed by atoms with E-state index in [-0.39, 0.29) is 12.8 Å². The summed E-state index contributed by atoms with van der Waals surface area (Å²) in [7, 11) is 0. The summed E-state index contributed by atoms with van der Waals surface area (Å²) in [4.78, 5) is 31.8. The molecule has 0 rings (SSSR count). The quantitative estimate of drug-likeness (QED) is 0.312. The minimum absolute atomic E-state index is 0.0239. The maximum absolute atomic E-state index is 10.9. The van der Waals surface area contributed by atoms with Gasteiger partial charge < -0.3 is 9.84 Å². The summed E-state index contributed by atoms with van der Waals surface area (Å²) < 4.78 is 4.39. The molecule has 0 saturated heterocycles. The van der Waals surface area contributed by atoms with E-state index in [2.05, 4.69) is 4.74 Å². The smallest absolute Gasteiger partial charge is 0.338 e. The Bertz CT molecular complexity index is 267. The van der Waals surface area contributed by atoms with Crippen molar-refractivity contribution in [2.75, 3.05) is 0 Å². The van der Waals surface area contributed by atoms with E-state index in [0.717, 1.165) is 6.08 Å². The van der Waals surface area contributed by atoms with Crippen molar-refractivity contribution < 1.29 is 24.2 Å². The zero-order valence-electron chi connectivity index (χ0n) is 8.56. The largest absolute Gasteiger partial charge is 0.481 e. The van der Waals surface area contributed by atoms with Crippen molar-refractivity contribution in [3.8, 4) is 0 Å². The summed E-state index contributed by atoms with van der Waals surface area (Å²) in [6.45, 7) is 1.64. The van der Waals surface area contributed by atoms with E-state index >= 15 is 0 Å². The van der Waals surface area contributed by atoms with E-state index in [4.69, 9.17) is 5.11 Å². The van der Waals surface area contributed by atoms with Crippen LogP contribution in [0.15, 0.2) is 12.2 Å². The number of esters is 2. The number of hydrogen-bond acceptors (Lipinski definition) is 4. The summed E-state index contributed by atoms with van der Waals surface area (Å²) in [5.74, 6) is -2.21. The third-order valence-electron chi connectivity index (χ3n) is 1.54. The number of carbonyl (C=O) groups is 3. The van der Waals surface area contributed by atoms with Crippen molar-refractivity contribution in [2.24, 2.45) is 0 Å². The summed E-state index contributed by atoms with van der Waals surface area (Å²) in [6.07, 6.45) is 3.53. The van der Waals surface area contributed by atoms with Crippen LogP contribution >= 0.6 is 0 Å². The number of carboxylic acids is 1. The Hall–Kier alpha value is -1.65. The second-order valence-electron chi connectivity index (χ2n) is 2.89. The van der Waals surface area contributed by atoms with Crippen LogP contribution in [0.1, 0.15) is 32.6 Å². The molecule has 0 amide bonds. The van der Waals surface area contributed by atoms with Gasteiger partial charge in [0.1, 0.15) is 0 Å². The third kappa shape index (κ3) is 8.67. The number of carbonyl (C=O) groups excluding carboxylic acids is 2. The molecule has 0 aliphatic heterocycles. The Morgan fingerprint density at radius 1 is 1.20 bits per heavy atom. The SMILES string of the molecule is CC=CC(=O)OC(=O)CCCCC(=O)O. The number of allylic oxidation sites excluding steroid dienone is 1. The number of aliphatic carboxylic acids is 1. The number of carboxylic acid groups (broad SMARTS) is 1. The molecule has 0 aliphatic rings. The monoisotopic (exact) mass is 214 g/mol. The Morgan fingerprint density at radius 2 is 1.80 bits per heavy atom. The van der Waals surface area contributed by atoms with Crippen molar-refractivity contribution in [1.82, 2.24) is 0 Å². The van der Waals surface area contributed by atoms with Crippen molar-refractivity contribution in [2.45, 2.75) is 32.6 Å². The van der Waals surface area contributed by atoms with Crippen LogP contribution in [0.5, 0.6) is 0 Å². The molecular formula is C10H14O5. The van der Waals surface area contributed by atoms with Crippen molar-refractivity contribution in [1.29, 1.82) is 0 Å². The highest BCUT2D eigenvalue weighted by atomic mass is 16.6. The van der Waals surface area contributed by atoms with Gasteiger partial charge in [-0.3, -0.25) is 9.59 Å². The fourth-order valence-corrected chi connectivity index (χ4v) is 0.879. The fraction of sp³-hybridized carbons (Fsp3) is 0.500. The van der Waals surface area contributed by atoms with E-state index in [1.807, 2.05) is 0 Å². The number of hydrogen-bond donors (Lipinski definition) is 1. The first-order valence-electron chi connectivity index (χ1n) is 4.65. The first-order valence-corrected chi connectivity index (χ1v) is 4.65. The standard InChI is InChI=1S/C10H14O5/c1-2-5-9(13)15-10(14)7-4-3-6-8(11)12/h2,5H,3-4,6-7H2,1H3,(H,11,12). The summed E-state index contributed by atoms with van der Waals surface area (Å²) >= 11 is 0. The molecule has 0 unspecified atom stereocenters. The van der Waals surface area contributed by atoms with E-state index < -0.39 is 17.9 Å². The lowest BCUT2D eigenvalue weighted by atomic mass is 10.2. The number of rotatable bonds is 6. The average molecular weight is 214 g/mol. The zero-order valence-corrected chi connectivity index (χ0v) is 8.56. The maximum Gasteiger partial charge on any atom is 0.338 e. The van der Waals surface area contributed by atoms with Gasteiger partial charge in [0.15, 0.2) is 0 Å². The van der Waals surface area contributed by atoms with Crippen molar-refractivity contribution in [3.05, 3.63) is 12.2 Å². The average Bonchev–Trinajstić information content (AvgIpc) is 2.12. The van der Waals surface area contributed by atoms with Gasteiger partial charge in [0.2, 0.25) is 0 Å². The van der Waals surface area contributed by atoms with Gasteiger partial charge in [0.25, 0.3) is 0 Å². The number of ether oxygens (including phenoxy) is 1. The second kappa shape index (κ2) is 7.73. The topological polar surface area (TPSA) is 80.7 Å². The molecule has 1 N–H and O–H groups in total. The van der Waals surface area contributed by atoms with Gasteiger partial charge in [-0.1, -0.05) is 6.08 Å². The molecule has 0 atom stereocenters. The van der Waals surface area contributed by atoms with Gasteiger partial charge in [0, 0.05) is 18.9 Å². The van der Waals surface area contributed by atoms with Crippen LogP contribution in [-0.2, 0) is 19.1 Å². The zero-order chi connectivity index (χ0) is 11.7. The first-order chi connectivity index (χ1) is 7.06. The molecule has 0 aromatic rings. The summed E-state index contributed by atoms with van der Waals surface area (Å²) in [5, 5.41) is 8.31. The molecule has 5 nitrogen and oxygen atoms in total. The minimum atomic E-state index is -0.895. The second-order valence-corrected chi connectivity index (χ2v) is 2.89. The molecule has 0 saturated carbocycles. The van der Waals surface area contributed by atoms with Crippen LogP contribution < -0.4 is 0 Å². The molecule has 0 bridgehead atoms. The van der Waals surface area contributed by atoms with E-state index in [0.29, 0.717) is 12.8 Å². The molecule has 0 radical (unpaired) electrons. The third-order valence-corrected chi connectivity index (χ3v) is 1.54. The predicted molar refractivity (Wildman–Crippen MR) is 52.0 cm³/mol. The van der Waals surface area contributed by atoms with Gasteiger partial charge in [-0.05, 0) is 19.8 Å². The van der Waals surface area contributed by atoms with Gasteiger partial charge in [0.05, 0.1) is 0 Å². The molecule has 0 spiro atoms. The fourth-order valence-electron chi connectivity index (χ4n) is 0.879. The molecule has 15 heavy (non-hydrogen) atoms. The van der Waals surface area contributed by atoms with Gasteiger partial charge in [-0.2, -0.15) is 0 Å². The minimum Gasteiger partial charge on any atom is -0.481 e. The first kappa shape index (κ1) is 13.4. The van der Waals surface area contributed by atoms with Crippen LogP contribution in [0, 0.1) is 0 Å². The molecule has 0 aromatic carbocycles. The van der Waals surface area contributed by atoms with Crippen LogP contribution in [0.25, 0.3) is 0 Å². The molecule has 0 aliphatic carbocycles. The summed E-state index contributed by atoms with van der Waals surface area (Å²) in [5.41, 5.74) is 0. The summed E-state index contributed by atoms with van der Waals surface area (Å²) in [6, 6.07) is 0. The molecule has 0 fully saturated rings. The molecule has 0 heterocycles. The van der Waals surface area contributed by atoms with Crippen molar-refractivity contribution >= 4 is 17.9 Å². The van der Waals surface area contributed by atoms with E-state index in [9.17, 15) is 14.4 Å². The highest BCUT2D eigenvalue weighted by Gasteiger charge is 2.07. The Labute approximate surface area is 87.7 Å². The number of unbranched alkanes of at least 4 members (excludes halogenated alkanes) is 1. The van der Waals surface area contributed by atoms with Crippen LogP contribution in [0.4, 0.5) is 0 Å².